The van der Waals surface area contributed by atoms with Gasteiger partial charge in [0.1, 0.15) is 0 Å². The maximum absolute atomic E-state index is 11.8. The lowest BCUT2D eigenvalue weighted by molar-refractivity contribution is 0.455. The molecule has 2 rings (SSSR count). The van der Waals surface area contributed by atoms with E-state index in [1.807, 2.05) is 6.07 Å². The molecule has 1 aromatic carbocycles. The second kappa shape index (κ2) is 5.08. The van der Waals surface area contributed by atoms with Crippen LogP contribution in [0, 0.1) is 0 Å². The topological polar surface area (TPSA) is 46.2 Å². The molecule has 1 aliphatic heterocycles. The zero-order valence-electron chi connectivity index (χ0n) is 9.74. The van der Waals surface area contributed by atoms with E-state index in [9.17, 15) is 8.42 Å². The Morgan fingerprint density at radius 1 is 1.29 bits per heavy atom. The average molecular weight is 318 g/mol. The van der Waals surface area contributed by atoms with Crippen molar-refractivity contribution in [3.63, 3.8) is 0 Å². The molecule has 0 unspecified atom stereocenters. The summed E-state index contributed by atoms with van der Waals surface area (Å²) in [6.45, 7) is 1.92. The molecule has 0 aliphatic carbocycles. The fourth-order valence-corrected chi connectivity index (χ4v) is 3.66. The summed E-state index contributed by atoms with van der Waals surface area (Å²) in [6.07, 6.45) is 3.28. The van der Waals surface area contributed by atoms with E-state index in [1.165, 1.54) is 6.26 Å². The van der Waals surface area contributed by atoms with E-state index in [4.69, 9.17) is 0 Å². The summed E-state index contributed by atoms with van der Waals surface area (Å²) in [6, 6.07) is 5.45. The monoisotopic (exact) mass is 317 g/mol. The fourth-order valence-electron chi connectivity index (χ4n) is 2.31. The van der Waals surface area contributed by atoms with Crippen molar-refractivity contribution in [1.29, 1.82) is 0 Å². The van der Waals surface area contributed by atoms with Crippen LogP contribution in [-0.2, 0) is 9.84 Å². The molecule has 5 heteroatoms. The Labute approximate surface area is 111 Å². The first-order chi connectivity index (χ1) is 7.98. The van der Waals surface area contributed by atoms with Gasteiger partial charge >= 0.3 is 0 Å². The van der Waals surface area contributed by atoms with Crippen LogP contribution in [0.4, 0.5) is 0 Å². The first kappa shape index (κ1) is 13.1. The third kappa shape index (κ3) is 3.09. The number of sulfone groups is 1. The van der Waals surface area contributed by atoms with E-state index < -0.39 is 9.84 Å². The van der Waals surface area contributed by atoms with Crippen molar-refractivity contribution < 1.29 is 8.42 Å². The molecule has 1 heterocycles. The van der Waals surface area contributed by atoms with E-state index in [1.54, 1.807) is 12.1 Å². The van der Waals surface area contributed by atoms with Gasteiger partial charge in [-0.15, -0.1) is 0 Å². The molecule has 1 fully saturated rings. The highest BCUT2D eigenvalue weighted by molar-refractivity contribution is 9.10. The summed E-state index contributed by atoms with van der Waals surface area (Å²) < 4.78 is 24.5. The minimum absolute atomic E-state index is 0.346. The predicted molar refractivity (Wildman–Crippen MR) is 72.1 cm³/mol. The maximum Gasteiger partial charge on any atom is 0.175 e. The van der Waals surface area contributed by atoms with Crippen LogP contribution in [0.3, 0.4) is 0 Å². The van der Waals surface area contributed by atoms with Crippen LogP contribution in [0.5, 0.6) is 0 Å². The average Bonchev–Trinajstić information content (AvgIpc) is 2.28. The van der Waals surface area contributed by atoms with Gasteiger partial charge in [-0.25, -0.2) is 8.42 Å². The molecule has 1 N–H and O–H groups in total. The highest BCUT2D eigenvalue weighted by atomic mass is 79.9. The molecule has 0 saturated carbocycles. The molecule has 1 aromatic rings. The SMILES string of the molecule is CS(=O)(=O)c1ccc(Br)cc1C1CCNCC1. The Morgan fingerprint density at radius 2 is 1.94 bits per heavy atom. The Balaban J connectivity index is 2.46. The predicted octanol–water partition coefficient (Wildman–Crippen LogP) is 2.32. The summed E-state index contributed by atoms with van der Waals surface area (Å²) in [5.74, 6) is 0.346. The second-order valence-electron chi connectivity index (χ2n) is 4.48. The van der Waals surface area contributed by atoms with Crippen molar-refractivity contribution in [2.75, 3.05) is 19.3 Å². The zero-order chi connectivity index (χ0) is 12.5. The number of hydrogen-bond donors (Lipinski definition) is 1. The van der Waals surface area contributed by atoms with E-state index in [2.05, 4.69) is 21.2 Å². The summed E-state index contributed by atoms with van der Waals surface area (Å²) in [4.78, 5) is 0.479. The second-order valence-corrected chi connectivity index (χ2v) is 7.38. The molecule has 1 aliphatic rings. The standard InChI is InChI=1S/C12H16BrNO2S/c1-17(15,16)12-3-2-10(13)8-11(12)9-4-6-14-7-5-9/h2-3,8-9,14H,4-7H2,1H3. The number of nitrogens with one attached hydrogen (secondary N) is 1. The van der Waals surface area contributed by atoms with Gasteiger partial charge < -0.3 is 5.32 Å². The van der Waals surface area contributed by atoms with Gasteiger partial charge in [0.25, 0.3) is 0 Å². The highest BCUT2D eigenvalue weighted by Crippen LogP contribution is 2.32. The largest absolute Gasteiger partial charge is 0.317 e. The fraction of sp³-hybridized carbons (Fsp3) is 0.500. The van der Waals surface area contributed by atoms with Crippen LogP contribution >= 0.6 is 15.9 Å². The molecule has 0 bridgehead atoms. The molecule has 1 saturated heterocycles. The van der Waals surface area contributed by atoms with Gasteiger partial charge in [0.15, 0.2) is 9.84 Å². The van der Waals surface area contributed by atoms with Crippen molar-refractivity contribution >= 4 is 25.8 Å². The molecular formula is C12H16BrNO2S. The van der Waals surface area contributed by atoms with Gasteiger partial charge in [0.2, 0.25) is 0 Å². The Kier molecular flexibility index (Phi) is 3.90. The molecule has 17 heavy (non-hydrogen) atoms. The van der Waals surface area contributed by atoms with Crippen molar-refractivity contribution in [3.05, 3.63) is 28.2 Å². The quantitative estimate of drug-likeness (QED) is 0.910. The number of hydrogen-bond acceptors (Lipinski definition) is 3. The third-order valence-electron chi connectivity index (χ3n) is 3.15. The van der Waals surface area contributed by atoms with E-state index in [-0.39, 0.29) is 0 Å². The molecule has 0 radical (unpaired) electrons. The van der Waals surface area contributed by atoms with Crippen LogP contribution in [0.25, 0.3) is 0 Å². The van der Waals surface area contributed by atoms with Gasteiger partial charge in [0.05, 0.1) is 4.90 Å². The lowest BCUT2D eigenvalue weighted by Gasteiger charge is -2.24. The molecule has 94 valence electrons. The van der Waals surface area contributed by atoms with Crippen molar-refractivity contribution in [1.82, 2.24) is 5.32 Å². The number of rotatable bonds is 2. The van der Waals surface area contributed by atoms with Crippen LogP contribution < -0.4 is 5.32 Å². The number of piperidine rings is 1. The highest BCUT2D eigenvalue weighted by Gasteiger charge is 2.22. The first-order valence-corrected chi connectivity index (χ1v) is 8.37. The van der Waals surface area contributed by atoms with Gasteiger partial charge in [0, 0.05) is 10.7 Å². The lowest BCUT2D eigenvalue weighted by atomic mass is 9.90. The van der Waals surface area contributed by atoms with Gasteiger partial charge in [-0.1, -0.05) is 15.9 Å². The van der Waals surface area contributed by atoms with Crippen LogP contribution in [0.2, 0.25) is 0 Å². The van der Waals surface area contributed by atoms with E-state index in [0.717, 1.165) is 36.0 Å². The Bertz CT molecular complexity index is 507. The Hall–Kier alpha value is -0.390. The van der Waals surface area contributed by atoms with Gasteiger partial charge in [-0.2, -0.15) is 0 Å². The number of halogens is 1. The molecule has 0 spiro atoms. The summed E-state index contributed by atoms with van der Waals surface area (Å²) in [7, 11) is -3.14. The molecule has 0 atom stereocenters. The van der Waals surface area contributed by atoms with Crippen molar-refractivity contribution in [2.45, 2.75) is 23.7 Å². The molecule has 0 aromatic heterocycles. The third-order valence-corrected chi connectivity index (χ3v) is 4.81. The zero-order valence-corrected chi connectivity index (χ0v) is 12.1. The summed E-state index contributed by atoms with van der Waals surface area (Å²) >= 11 is 3.42. The van der Waals surface area contributed by atoms with Gasteiger partial charge in [-0.05, 0) is 55.6 Å². The van der Waals surface area contributed by atoms with E-state index >= 15 is 0 Å². The Morgan fingerprint density at radius 3 is 2.53 bits per heavy atom. The minimum Gasteiger partial charge on any atom is -0.317 e. The number of benzene rings is 1. The van der Waals surface area contributed by atoms with Crippen LogP contribution in [-0.4, -0.2) is 27.8 Å². The van der Waals surface area contributed by atoms with Crippen LogP contribution in [0.1, 0.15) is 24.3 Å². The van der Waals surface area contributed by atoms with E-state index in [0.29, 0.717) is 10.8 Å². The normalized spacial score (nSPS) is 18.2. The molecule has 0 amide bonds. The first-order valence-electron chi connectivity index (χ1n) is 5.69. The smallest absolute Gasteiger partial charge is 0.175 e. The van der Waals surface area contributed by atoms with Crippen molar-refractivity contribution in [3.8, 4) is 0 Å². The summed E-state index contributed by atoms with van der Waals surface area (Å²) in [5.41, 5.74) is 0.961. The minimum atomic E-state index is -3.14. The van der Waals surface area contributed by atoms with Crippen molar-refractivity contribution in [2.24, 2.45) is 0 Å². The molecular weight excluding hydrogens is 302 g/mol. The maximum atomic E-state index is 11.8. The lowest BCUT2D eigenvalue weighted by Crippen LogP contribution is -2.27. The summed E-state index contributed by atoms with van der Waals surface area (Å²) in [5, 5.41) is 3.30. The van der Waals surface area contributed by atoms with Crippen LogP contribution in [0.15, 0.2) is 27.6 Å². The molecule has 3 nitrogen and oxygen atoms in total. The van der Waals surface area contributed by atoms with Gasteiger partial charge in [-0.3, -0.25) is 0 Å².